The Balaban J connectivity index is 2.01. The molecule has 1 N–H and O–H groups in total. The first-order chi connectivity index (χ1) is 9.85. The SMILES string of the molecule is CCOCCCn1ccnc1Nc1ccccc1SC. The fraction of sp³-hybridized carbons (Fsp3) is 0.400. The third-order valence-electron chi connectivity index (χ3n) is 2.96. The Morgan fingerprint density at radius 1 is 1.35 bits per heavy atom. The van der Waals surface area contributed by atoms with E-state index in [1.807, 2.05) is 31.5 Å². The van der Waals surface area contributed by atoms with Gasteiger partial charge in [0, 0.05) is 37.0 Å². The van der Waals surface area contributed by atoms with Gasteiger partial charge in [-0.05, 0) is 31.7 Å². The van der Waals surface area contributed by atoms with E-state index in [1.165, 1.54) is 4.90 Å². The first-order valence-corrected chi connectivity index (χ1v) is 8.06. The monoisotopic (exact) mass is 291 g/mol. The number of anilines is 2. The molecule has 2 aromatic rings. The highest BCUT2D eigenvalue weighted by molar-refractivity contribution is 7.98. The molecule has 0 saturated heterocycles. The van der Waals surface area contributed by atoms with Gasteiger partial charge in [-0.15, -0.1) is 11.8 Å². The van der Waals surface area contributed by atoms with Gasteiger partial charge in [0.1, 0.15) is 0 Å². The van der Waals surface area contributed by atoms with Gasteiger partial charge in [-0.2, -0.15) is 0 Å². The van der Waals surface area contributed by atoms with Crippen LogP contribution in [0.15, 0.2) is 41.6 Å². The lowest BCUT2D eigenvalue weighted by molar-refractivity contribution is 0.142. The molecule has 0 aliphatic rings. The average Bonchev–Trinajstić information content (AvgIpc) is 2.91. The molecule has 20 heavy (non-hydrogen) atoms. The van der Waals surface area contributed by atoms with Crippen molar-refractivity contribution in [2.24, 2.45) is 0 Å². The van der Waals surface area contributed by atoms with Crippen LogP contribution in [0.2, 0.25) is 0 Å². The maximum atomic E-state index is 5.37. The Morgan fingerprint density at radius 2 is 2.20 bits per heavy atom. The normalized spacial score (nSPS) is 10.7. The highest BCUT2D eigenvalue weighted by Crippen LogP contribution is 2.27. The van der Waals surface area contributed by atoms with Gasteiger partial charge in [0.2, 0.25) is 5.95 Å². The van der Waals surface area contributed by atoms with Crippen molar-refractivity contribution in [3.8, 4) is 0 Å². The molecule has 0 aliphatic carbocycles. The van der Waals surface area contributed by atoms with Crippen molar-refractivity contribution in [2.45, 2.75) is 24.8 Å². The summed E-state index contributed by atoms with van der Waals surface area (Å²) in [7, 11) is 0. The molecular formula is C15H21N3OS. The van der Waals surface area contributed by atoms with E-state index in [0.717, 1.165) is 37.8 Å². The Bertz CT molecular complexity index is 527. The molecule has 1 aromatic carbocycles. The standard InChI is InChI=1S/C15H21N3OS/c1-3-19-12-6-10-18-11-9-16-15(18)17-13-7-4-5-8-14(13)20-2/h4-5,7-9,11H,3,6,10,12H2,1-2H3,(H,16,17). The second-order valence-electron chi connectivity index (χ2n) is 4.32. The minimum absolute atomic E-state index is 0.774. The molecule has 0 saturated carbocycles. The van der Waals surface area contributed by atoms with Crippen LogP contribution >= 0.6 is 11.8 Å². The van der Waals surface area contributed by atoms with E-state index in [4.69, 9.17) is 4.74 Å². The summed E-state index contributed by atoms with van der Waals surface area (Å²) in [5.74, 6) is 0.878. The van der Waals surface area contributed by atoms with E-state index in [2.05, 4.69) is 33.3 Å². The maximum Gasteiger partial charge on any atom is 0.207 e. The van der Waals surface area contributed by atoms with Crippen molar-refractivity contribution in [1.29, 1.82) is 0 Å². The Hall–Kier alpha value is -1.46. The van der Waals surface area contributed by atoms with Gasteiger partial charge in [-0.25, -0.2) is 4.98 Å². The molecule has 4 nitrogen and oxygen atoms in total. The minimum atomic E-state index is 0.774. The minimum Gasteiger partial charge on any atom is -0.382 e. The third kappa shape index (κ3) is 4.02. The molecule has 0 atom stereocenters. The molecule has 1 heterocycles. The number of rotatable bonds is 8. The number of hydrogen-bond acceptors (Lipinski definition) is 4. The van der Waals surface area contributed by atoms with Crippen molar-refractivity contribution in [3.63, 3.8) is 0 Å². The second kappa shape index (κ2) is 7.97. The lowest BCUT2D eigenvalue weighted by Gasteiger charge is -2.12. The van der Waals surface area contributed by atoms with Gasteiger partial charge in [0.05, 0.1) is 5.69 Å². The number of para-hydroxylation sites is 1. The largest absolute Gasteiger partial charge is 0.382 e. The second-order valence-corrected chi connectivity index (χ2v) is 5.17. The molecule has 5 heteroatoms. The summed E-state index contributed by atoms with van der Waals surface area (Å²) in [6.07, 6.45) is 6.89. The number of aromatic nitrogens is 2. The topological polar surface area (TPSA) is 39.1 Å². The van der Waals surface area contributed by atoms with Gasteiger partial charge in [-0.3, -0.25) is 0 Å². The molecular weight excluding hydrogens is 270 g/mol. The van der Waals surface area contributed by atoms with Crippen LogP contribution in [0.25, 0.3) is 0 Å². The van der Waals surface area contributed by atoms with Crippen molar-refractivity contribution < 1.29 is 4.74 Å². The van der Waals surface area contributed by atoms with E-state index in [1.54, 1.807) is 11.8 Å². The van der Waals surface area contributed by atoms with Crippen LogP contribution in [0.4, 0.5) is 11.6 Å². The van der Waals surface area contributed by atoms with E-state index in [-0.39, 0.29) is 0 Å². The zero-order chi connectivity index (χ0) is 14.2. The molecule has 0 bridgehead atoms. The van der Waals surface area contributed by atoms with Crippen LogP contribution in [0.1, 0.15) is 13.3 Å². The van der Waals surface area contributed by atoms with Gasteiger partial charge in [-0.1, -0.05) is 12.1 Å². The van der Waals surface area contributed by atoms with Crippen molar-refractivity contribution in [3.05, 3.63) is 36.7 Å². The van der Waals surface area contributed by atoms with Crippen molar-refractivity contribution >= 4 is 23.4 Å². The van der Waals surface area contributed by atoms with Crippen LogP contribution in [0.3, 0.4) is 0 Å². The lowest BCUT2D eigenvalue weighted by atomic mass is 10.3. The van der Waals surface area contributed by atoms with E-state index in [9.17, 15) is 0 Å². The van der Waals surface area contributed by atoms with Crippen molar-refractivity contribution in [2.75, 3.05) is 24.8 Å². The number of benzene rings is 1. The number of aryl methyl sites for hydroxylation is 1. The van der Waals surface area contributed by atoms with Gasteiger partial charge >= 0.3 is 0 Å². The van der Waals surface area contributed by atoms with Crippen LogP contribution in [-0.2, 0) is 11.3 Å². The first kappa shape index (κ1) is 14.9. The van der Waals surface area contributed by atoms with Crippen LogP contribution in [0.5, 0.6) is 0 Å². The number of nitrogens with zero attached hydrogens (tertiary/aromatic N) is 2. The summed E-state index contributed by atoms with van der Waals surface area (Å²) in [4.78, 5) is 5.61. The van der Waals surface area contributed by atoms with E-state index < -0.39 is 0 Å². The maximum absolute atomic E-state index is 5.37. The molecule has 0 radical (unpaired) electrons. The summed E-state index contributed by atoms with van der Waals surface area (Å²) in [5.41, 5.74) is 1.09. The van der Waals surface area contributed by atoms with E-state index >= 15 is 0 Å². The van der Waals surface area contributed by atoms with Crippen LogP contribution in [-0.4, -0.2) is 29.0 Å². The summed E-state index contributed by atoms with van der Waals surface area (Å²) in [5, 5.41) is 3.40. The lowest BCUT2D eigenvalue weighted by Crippen LogP contribution is -2.06. The molecule has 108 valence electrons. The highest BCUT2D eigenvalue weighted by Gasteiger charge is 2.05. The fourth-order valence-electron chi connectivity index (χ4n) is 1.96. The zero-order valence-corrected chi connectivity index (χ0v) is 12.8. The molecule has 0 fully saturated rings. The first-order valence-electron chi connectivity index (χ1n) is 6.84. The predicted molar refractivity (Wildman–Crippen MR) is 84.8 cm³/mol. The molecule has 0 amide bonds. The molecule has 1 aromatic heterocycles. The number of imidazole rings is 1. The van der Waals surface area contributed by atoms with E-state index in [0.29, 0.717) is 0 Å². The number of thioether (sulfide) groups is 1. The van der Waals surface area contributed by atoms with Crippen molar-refractivity contribution in [1.82, 2.24) is 9.55 Å². The average molecular weight is 291 g/mol. The third-order valence-corrected chi connectivity index (χ3v) is 3.76. The van der Waals surface area contributed by atoms with Crippen LogP contribution < -0.4 is 5.32 Å². The Kier molecular flexibility index (Phi) is 5.95. The fourth-order valence-corrected chi connectivity index (χ4v) is 2.52. The summed E-state index contributed by atoms with van der Waals surface area (Å²) in [6, 6.07) is 8.26. The Morgan fingerprint density at radius 3 is 3.00 bits per heavy atom. The van der Waals surface area contributed by atoms with Gasteiger partial charge in [0.25, 0.3) is 0 Å². The Labute approximate surface area is 124 Å². The highest BCUT2D eigenvalue weighted by atomic mass is 32.2. The number of hydrogen-bond donors (Lipinski definition) is 1. The molecule has 0 aliphatic heterocycles. The van der Waals surface area contributed by atoms with Gasteiger partial charge in [0.15, 0.2) is 0 Å². The quantitative estimate of drug-likeness (QED) is 0.593. The zero-order valence-electron chi connectivity index (χ0n) is 12.0. The number of ether oxygens (including phenoxy) is 1. The number of nitrogens with one attached hydrogen (secondary N) is 1. The van der Waals surface area contributed by atoms with Gasteiger partial charge < -0.3 is 14.6 Å². The summed E-state index contributed by atoms with van der Waals surface area (Å²) >= 11 is 1.73. The molecule has 0 spiro atoms. The predicted octanol–water partition coefficient (Wildman–Crippen LogP) is 3.78. The molecule has 2 rings (SSSR count). The summed E-state index contributed by atoms with van der Waals surface area (Å²) in [6.45, 7) is 4.49. The smallest absolute Gasteiger partial charge is 0.207 e. The molecule has 0 unspecified atom stereocenters. The summed E-state index contributed by atoms with van der Waals surface area (Å²) < 4.78 is 7.49. The van der Waals surface area contributed by atoms with Crippen LogP contribution in [0, 0.1) is 0 Å².